The number of anilines is 2. The van der Waals surface area contributed by atoms with Gasteiger partial charge in [-0.25, -0.2) is 19.3 Å². The number of para-hydroxylation sites is 1. The molecule has 0 unspecified atom stereocenters. The Morgan fingerprint density at radius 2 is 1.90 bits per heavy atom. The van der Waals surface area contributed by atoms with Crippen molar-refractivity contribution in [3.8, 4) is 11.3 Å². The quantitative estimate of drug-likeness (QED) is 0.330. The topological polar surface area (TPSA) is 41.9 Å². The van der Waals surface area contributed by atoms with Crippen LogP contribution in [-0.2, 0) is 6.54 Å². The van der Waals surface area contributed by atoms with E-state index in [0.717, 1.165) is 27.2 Å². The minimum Gasteiger partial charge on any atom is -0.322 e. The van der Waals surface area contributed by atoms with Gasteiger partial charge >= 0.3 is 0 Å². The summed E-state index contributed by atoms with van der Waals surface area (Å²) in [4.78, 5) is 15.7. The van der Waals surface area contributed by atoms with Crippen molar-refractivity contribution in [1.29, 1.82) is 0 Å². The lowest BCUT2D eigenvalue weighted by Gasteiger charge is -2.25. The third kappa shape index (κ3) is 4.02. The molecule has 0 spiro atoms. The van der Waals surface area contributed by atoms with Crippen molar-refractivity contribution in [2.75, 3.05) is 4.90 Å². The molecule has 6 heteroatoms. The summed E-state index contributed by atoms with van der Waals surface area (Å²) in [6.07, 6.45) is 0. The van der Waals surface area contributed by atoms with E-state index >= 15 is 0 Å². The molecule has 151 valence electrons. The van der Waals surface area contributed by atoms with E-state index in [1.165, 1.54) is 6.07 Å². The number of nitrogens with zero attached hydrogens (tertiary/aromatic N) is 4. The van der Waals surface area contributed by atoms with Crippen molar-refractivity contribution in [3.05, 3.63) is 102 Å². The summed E-state index contributed by atoms with van der Waals surface area (Å²) in [6, 6.07) is 25.6. The third-order valence-corrected chi connectivity index (χ3v) is 5.81. The van der Waals surface area contributed by atoms with Gasteiger partial charge in [0, 0.05) is 22.9 Å². The fourth-order valence-corrected chi connectivity index (χ4v) is 4.22. The SMILES string of the molecule is Cc1nc(-c2ccc3ncsc3c2)cc(N(Cc2c[c]ccc2F)c2ccccc2)n1. The highest BCUT2D eigenvalue weighted by molar-refractivity contribution is 7.16. The van der Waals surface area contributed by atoms with Crippen LogP contribution in [0.2, 0.25) is 0 Å². The van der Waals surface area contributed by atoms with Crippen molar-refractivity contribution in [1.82, 2.24) is 15.0 Å². The van der Waals surface area contributed by atoms with E-state index in [4.69, 9.17) is 0 Å². The van der Waals surface area contributed by atoms with E-state index < -0.39 is 0 Å². The van der Waals surface area contributed by atoms with Gasteiger partial charge in [0.1, 0.15) is 17.5 Å². The van der Waals surface area contributed by atoms with Crippen LogP contribution >= 0.6 is 11.3 Å². The summed E-state index contributed by atoms with van der Waals surface area (Å²) in [6.45, 7) is 2.20. The normalized spacial score (nSPS) is 11.0. The first-order valence-corrected chi connectivity index (χ1v) is 10.7. The van der Waals surface area contributed by atoms with Gasteiger partial charge in [-0.1, -0.05) is 30.3 Å². The average molecular weight is 426 g/mol. The lowest BCUT2D eigenvalue weighted by Crippen LogP contribution is -2.19. The minimum absolute atomic E-state index is 0.263. The maximum absolute atomic E-state index is 14.4. The molecule has 0 aliphatic heterocycles. The van der Waals surface area contributed by atoms with Gasteiger partial charge in [0.25, 0.3) is 0 Å². The molecular formula is C25H18FN4S. The van der Waals surface area contributed by atoms with Gasteiger partial charge in [0.15, 0.2) is 0 Å². The van der Waals surface area contributed by atoms with Crippen molar-refractivity contribution in [2.45, 2.75) is 13.5 Å². The van der Waals surface area contributed by atoms with Crippen molar-refractivity contribution < 1.29 is 4.39 Å². The first-order valence-electron chi connectivity index (χ1n) is 9.84. The fourth-order valence-electron chi connectivity index (χ4n) is 3.50. The summed E-state index contributed by atoms with van der Waals surface area (Å²) in [5, 5.41) is 0. The second-order valence-electron chi connectivity index (χ2n) is 7.13. The monoisotopic (exact) mass is 425 g/mol. The van der Waals surface area contributed by atoms with Crippen LogP contribution in [0, 0.1) is 18.8 Å². The van der Waals surface area contributed by atoms with Gasteiger partial charge in [-0.3, -0.25) is 0 Å². The Balaban J connectivity index is 1.61. The van der Waals surface area contributed by atoms with Crippen LogP contribution in [0.1, 0.15) is 11.4 Å². The molecule has 0 atom stereocenters. The summed E-state index contributed by atoms with van der Waals surface area (Å²) >= 11 is 1.60. The zero-order valence-electron chi connectivity index (χ0n) is 16.8. The molecule has 4 nitrogen and oxygen atoms in total. The van der Waals surface area contributed by atoms with Gasteiger partial charge in [-0.2, -0.15) is 0 Å². The zero-order chi connectivity index (χ0) is 21.2. The van der Waals surface area contributed by atoms with Crippen LogP contribution in [0.4, 0.5) is 15.9 Å². The van der Waals surface area contributed by atoms with Crippen LogP contribution < -0.4 is 4.90 Å². The van der Waals surface area contributed by atoms with Crippen molar-refractivity contribution in [2.24, 2.45) is 0 Å². The largest absolute Gasteiger partial charge is 0.322 e. The average Bonchev–Trinajstić information content (AvgIpc) is 3.27. The number of aryl methyl sites for hydroxylation is 1. The van der Waals surface area contributed by atoms with E-state index in [-0.39, 0.29) is 5.82 Å². The predicted octanol–water partition coefficient (Wildman–Crippen LogP) is 6.34. The molecule has 0 saturated heterocycles. The highest BCUT2D eigenvalue weighted by Crippen LogP contribution is 2.31. The molecule has 0 aliphatic carbocycles. The van der Waals surface area contributed by atoms with E-state index in [9.17, 15) is 4.39 Å². The molecule has 5 rings (SSSR count). The first-order chi connectivity index (χ1) is 15.2. The van der Waals surface area contributed by atoms with Gasteiger partial charge in [0.05, 0.1) is 28.0 Å². The lowest BCUT2D eigenvalue weighted by atomic mass is 10.1. The van der Waals surface area contributed by atoms with Gasteiger partial charge in [-0.15, -0.1) is 11.3 Å². The molecular weight excluding hydrogens is 407 g/mol. The maximum atomic E-state index is 14.4. The summed E-state index contributed by atoms with van der Waals surface area (Å²) in [5.41, 5.74) is 6.10. The van der Waals surface area contributed by atoms with Crippen LogP contribution in [0.3, 0.4) is 0 Å². The van der Waals surface area contributed by atoms with E-state index in [2.05, 4.69) is 27.1 Å². The zero-order valence-corrected chi connectivity index (χ0v) is 17.6. The number of fused-ring (bicyclic) bond motifs is 1. The molecule has 3 aromatic carbocycles. The van der Waals surface area contributed by atoms with Crippen LogP contribution in [0.25, 0.3) is 21.5 Å². The highest BCUT2D eigenvalue weighted by atomic mass is 32.1. The van der Waals surface area contributed by atoms with Crippen LogP contribution in [0.15, 0.2) is 78.3 Å². The Bertz CT molecular complexity index is 1350. The number of benzene rings is 3. The molecule has 0 bridgehead atoms. The van der Waals surface area contributed by atoms with Crippen LogP contribution in [0.5, 0.6) is 0 Å². The number of aromatic nitrogens is 3. The van der Waals surface area contributed by atoms with Crippen molar-refractivity contribution in [3.63, 3.8) is 0 Å². The predicted molar refractivity (Wildman–Crippen MR) is 123 cm³/mol. The number of thiazole rings is 1. The Morgan fingerprint density at radius 1 is 1.03 bits per heavy atom. The number of hydrogen-bond acceptors (Lipinski definition) is 5. The number of hydrogen-bond donors (Lipinski definition) is 0. The Labute approximate surface area is 183 Å². The fraction of sp³-hybridized carbons (Fsp3) is 0.0800. The van der Waals surface area contributed by atoms with E-state index in [1.54, 1.807) is 23.5 Å². The van der Waals surface area contributed by atoms with Crippen LogP contribution in [-0.4, -0.2) is 15.0 Å². The number of halogens is 1. The Hall–Kier alpha value is -3.64. The van der Waals surface area contributed by atoms with E-state index in [1.807, 2.05) is 65.9 Å². The first kappa shape index (κ1) is 19.3. The Morgan fingerprint density at radius 3 is 2.74 bits per heavy atom. The summed E-state index contributed by atoms with van der Waals surface area (Å²) in [5.74, 6) is 1.10. The molecule has 31 heavy (non-hydrogen) atoms. The molecule has 2 aromatic heterocycles. The van der Waals surface area contributed by atoms with Crippen molar-refractivity contribution >= 4 is 33.1 Å². The highest BCUT2D eigenvalue weighted by Gasteiger charge is 2.16. The summed E-state index contributed by atoms with van der Waals surface area (Å²) < 4.78 is 15.5. The second-order valence-corrected chi connectivity index (χ2v) is 8.02. The minimum atomic E-state index is -0.263. The molecule has 0 N–H and O–H groups in total. The second kappa shape index (κ2) is 8.24. The molecule has 0 amide bonds. The lowest BCUT2D eigenvalue weighted by molar-refractivity contribution is 0.609. The smallest absolute Gasteiger partial charge is 0.137 e. The molecule has 1 radical (unpaired) electrons. The standard InChI is InChI=1S/C25H18FN4S/c1-17-28-23(18-11-12-22-24(13-18)31-16-27-22)14-25(29-17)30(20-8-3-2-4-9-20)15-19-7-5-6-10-21(19)26/h2-4,6-14,16H,15H2,1H3. The summed E-state index contributed by atoms with van der Waals surface area (Å²) in [7, 11) is 0. The molecule has 2 heterocycles. The van der Waals surface area contributed by atoms with Gasteiger partial charge in [-0.05, 0) is 49.4 Å². The molecule has 5 aromatic rings. The molecule has 0 fully saturated rings. The maximum Gasteiger partial charge on any atom is 0.137 e. The van der Waals surface area contributed by atoms with Gasteiger partial charge in [0.2, 0.25) is 0 Å². The van der Waals surface area contributed by atoms with Gasteiger partial charge < -0.3 is 4.90 Å². The molecule has 0 aliphatic rings. The molecule has 0 saturated carbocycles. The third-order valence-electron chi connectivity index (χ3n) is 5.01. The van der Waals surface area contributed by atoms with E-state index in [0.29, 0.717) is 23.8 Å². The number of rotatable bonds is 5. The Kier molecular flexibility index (Phi) is 5.14.